The van der Waals surface area contributed by atoms with Gasteiger partial charge in [0.2, 0.25) is 0 Å². The zero-order valence-electron chi connectivity index (χ0n) is 13.4. The topological polar surface area (TPSA) is 65.1 Å². The van der Waals surface area contributed by atoms with E-state index in [0.29, 0.717) is 11.9 Å². The van der Waals surface area contributed by atoms with Crippen LogP contribution in [0.4, 0.5) is 13.2 Å². The van der Waals surface area contributed by atoms with E-state index in [1.165, 1.54) is 10.6 Å². The third kappa shape index (κ3) is 2.47. The largest absolute Gasteiger partial charge is 0.365 e. The number of amides is 1. The van der Waals surface area contributed by atoms with Crippen LogP contribution < -0.4 is 11.2 Å². The molecule has 0 bridgehead atoms. The Kier molecular flexibility index (Phi) is 4.24. The highest BCUT2D eigenvalue weighted by atomic mass is 19.2. The van der Waals surface area contributed by atoms with Crippen LogP contribution in [0.1, 0.15) is 30.1 Å². The minimum absolute atomic E-state index is 0.159. The molecule has 25 heavy (non-hydrogen) atoms. The van der Waals surface area contributed by atoms with E-state index in [0.717, 1.165) is 6.42 Å². The summed E-state index contributed by atoms with van der Waals surface area (Å²) in [5, 5.41) is -0.506. The monoisotopic (exact) mass is 348 g/mol. The lowest BCUT2D eigenvalue weighted by molar-refractivity contribution is 0.0991. The van der Waals surface area contributed by atoms with Gasteiger partial charge in [0.25, 0.3) is 5.91 Å². The van der Waals surface area contributed by atoms with Crippen molar-refractivity contribution < 1.29 is 18.0 Å². The number of rotatable bonds is 4. The van der Waals surface area contributed by atoms with Crippen molar-refractivity contribution >= 4 is 27.7 Å². The fourth-order valence-electron chi connectivity index (χ4n) is 3.03. The van der Waals surface area contributed by atoms with Crippen LogP contribution in [-0.2, 0) is 6.54 Å². The Hall–Kier alpha value is -2.83. The number of nitrogens with two attached hydrogens (primary N) is 1. The van der Waals surface area contributed by atoms with Crippen LogP contribution in [0.2, 0.25) is 0 Å². The highest BCUT2D eigenvalue weighted by Crippen LogP contribution is 2.29. The number of carbonyl (C=O) groups is 1. The number of fused-ring (bicyclic) bond motifs is 2. The van der Waals surface area contributed by atoms with Gasteiger partial charge in [-0.1, -0.05) is 25.5 Å². The Bertz CT molecular complexity index is 1070. The fraction of sp³-hybridized carbons (Fsp3) is 0.222. The summed E-state index contributed by atoms with van der Waals surface area (Å²) < 4.78 is 45.0. The highest BCUT2D eigenvalue weighted by Gasteiger charge is 2.28. The molecule has 0 saturated heterocycles. The molecule has 130 valence electrons. The molecule has 2 aromatic carbocycles. The first-order chi connectivity index (χ1) is 11.9. The zero-order valence-corrected chi connectivity index (χ0v) is 13.4. The molecule has 0 fully saturated rings. The standard InChI is InChI=1S/C18H15F3N2O2/c1-2-3-8-23-10-7-5-4-6-9(10)17(24)12-13(19)11(18(22)25)14(20)15(21)16(12)23/h4-7H,2-3,8H2,1H3,(H2,22,25). The Morgan fingerprint density at radius 3 is 2.44 bits per heavy atom. The van der Waals surface area contributed by atoms with Crippen molar-refractivity contribution in [1.82, 2.24) is 4.57 Å². The summed E-state index contributed by atoms with van der Waals surface area (Å²) in [6, 6.07) is 6.30. The van der Waals surface area contributed by atoms with E-state index in [1.807, 2.05) is 6.92 Å². The lowest BCUT2D eigenvalue weighted by Crippen LogP contribution is -2.22. The Morgan fingerprint density at radius 2 is 1.80 bits per heavy atom. The molecule has 1 aromatic heterocycles. The molecule has 3 aromatic rings. The maximum atomic E-state index is 14.7. The van der Waals surface area contributed by atoms with Gasteiger partial charge in [0.05, 0.1) is 16.4 Å². The predicted octanol–water partition coefficient (Wildman–Crippen LogP) is 3.47. The molecular weight excluding hydrogens is 333 g/mol. The minimum Gasteiger partial charge on any atom is -0.365 e. The average molecular weight is 348 g/mol. The molecule has 1 heterocycles. The molecular formula is C18H15F3N2O2. The van der Waals surface area contributed by atoms with Crippen LogP contribution in [0.25, 0.3) is 21.8 Å². The van der Waals surface area contributed by atoms with E-state index >= 15 is 0 Å². The van der Waals surface area contributed by atoms with E-state index in [2.05, 4.69) is 0 Å². The summed E-state index contributed by atoms with van der Waals surface area (Å²) >= 11 is 0. The number of aryl methyl sites for hydroxylation is 1. The SMILES string of the molecule is CCCCn1c2ccccc2c(=O)c2c(F)c(C(N)=O)c(F)c(F)c21. The van der Waals surface area contributed by atoms with Crippen molar-refractivity contribution in [2.24, 2.45) is 5.73 Å². The maximum absolute atomic E-state index is 14.7. The van der Waals surface area contributed by atoms with Gasteiger partial charge in [-0.2, -0.15) is 0 Å². The second-order valence-electron chi connectivity index (χ2n) is 5.76. The number of hydrogen-bond donors (Lipinski definition) is 1. The molecule has 1 amide bonds. The third-order valence-corrected chi connectivity index (χ3v) is 4.21. The van der Waals surface area contributed by atoms with E-state index < -0.39 is 45.3 Å². The summed E-state index contributed by atoms with van der Waals surface area (Å²) in [5.74, 6) is -6.03. The normalized spacial score (nSPS) is 11.4. The van der Waals surface area contributed by atoms with Crippen LogP contribution in [0.15, 0.2) is 29.1 Å². The molecule has 0 radical (unpaired) electrons. The Balaban J connectivity index is 2.64. The molecule has 2 N–H and O–H groups in total. The number of carbonyl (C=O) groups excluding carboxylic acids is 1. The smallest absolute Gasteiger partial charge is 0.254 e. The van der Waals surface area contributed by atoms with Crippen molar-refractivity contribution in [2.75, 3.05) is 0 Å². The number of aromatic nitrogens is 1. The molecule has 0 spiro atoms. The lowest BCUT2D eigenvalue weighted by atomic mass is 10.0. The molecule has 0 aliphatic heterocycles. The Morgan fingerprint density at radius 1 is 1.12 bits per heavy atom. The van der Waals surface area contributed by atoms with Gasteiger partial charge in [-0.25, -0.2) is 13.2 Å². The van der Waals surface area contributed by atoms with E-state index in [-0.39, 0.29) is 11.9 Å². The van der Waals surface area contributed by atoms with Crippen LogP contribution >= 0.6 is 0 Å². The highest BCUT2D eigenvalue weighted by molar-refractivity contribution is 6.01. The molecule has 0 atom stereocenters. The molecule has 0 aliphatic rings. The zero-order chi connectivity index (χ0) is 18.3. The van der Waals surface area contributed by atoms with Crippen molar-refractivity contribution in [2.45, 2.75) is 26.3 Å². The second kappa shape index (κ2) is 6.23. The summed E-state index contributed by atoms with van der Waals surface area (Å²) in [7, 11) is 0. The maximum Gasteiger partial charge on any atom is 0.254 e. The second-order valence-corrected chi connectivity index (χ2v) is 5.76. The summed E-state index contributed by atoms with van der Waals surface area (Å²) in [4.78, 5) is 24.0. The van der Waals surface area contributed by atoms with E-state index in [1.54, 1.807) is 18.2 Å². The van der Waals surface area contributed by atoms with Gasteiger partial charge >= 0.3 is 0 Å². The number of halogens is 3. The Labute approximate surface area is 140 Å². The van der Waals surface area contributed by atoms with Crippen LogP contribution in [0.3, 0.4) is 0 Å². The predicted molar refractivity (Wildman–Crippen MR) is 89.0 cm³/mol. The van der Waals surface area contributed by atoms with Gasteiger partial charge in [0, 0.05) is 11.9 Å². The number of pyridine rings is 1. The lowest BCUT2D eigenvalue weighted by Gasteiger charge is -2.17. The van der Waals surface area contributed by atoms with Gasteiger partial charge in [-0.05, 0) is 18.6 Å². The first kappa shape index (κ1) is 17.0. The number of primary amides is 1. The molecule has 0 saturated carbocycles. The van der Waals surface area contributed by atoms with Crippen LogP contribution in [0, 0.1) is 17.5 Å². The number of hydrogen-bond acceptors (Lipinski definition) is 2. The van der Waals surface area contributed by atoms with Crippen molar-refractivity contribution in [3.8, 4) is 0 Å². The van der Waals surface area contributed by atoms with Crippen molar-refractivity contribution in [3.05, 3.63) is 57.5 Å². The summed E-state index contributed by atoms with van der Waals surface area (Å²) in [6.45, 7) is 2.18. The van der Waals surface area contributed by atoms with Crippen molar-refractivity contribution in [3.63, 3.8) is 0 Å². The molecule has 0 unspecified atom stereocenters. The average Bonchev–Trinajstić information content (AvgIpc) is 2.58. The first-order valence-electron chi connectivity index (χ1n) is 7.81. The molecule has 4 nitrogen and oxygen atoms in total. The van der Waals surface area contributed by atoms with Gasteiger partial charge < -0.3 is 10.3 Å². The number of unbranched alkanes of at least 4 members (excludes halogenated alkanes) is 1. The minimum atomic E-state index is -1.68. The van der Waals surface area contributed by atoms with Gasteiger partial charge in [-0.3, -0.25) is 9.59 Å². The summed E-state index contributed by atoms with van der Waals surface area (Å²) in [5.41, 5.74) is 2.80. The number of para-hydroxylation sites is 1. The number of benzene rings is 2. The quantitative estimate of drug-likeness (QED) is 0.580. The number of nitrogens with zero attached hydrogens (tertiary/aromatic N) is 1. The van der Waals surface area contributed by atoms with Gasteiger partial charge in [-0.15, -0.1) is 0 Å². The summed E-state index contributed by atoms with van der Waals surface area (Å²) in [6.07, 6.45) is 1.37. The van der Waals surface area contributed by atoms with E-state index in [4.69, 9.17) is 5.73 Å². The third-order valence-electron chi connectivity index (χ3n) is 4.21. The van der Waals surface area contributed by atoms with Crippen LogP contribution in [0.5, 0.6) is 0 Å². The van der Waals surface area contributed by atoms with E-state index in [9.17, 15) is 22.8 Å². The fourth-order valence-corrected chi connectivity index (χ4v) is 3.03. The van der Waals surface area contributed by atoms with Crippen LogP contribution in [-0.4, -0.2) is 10.5 Å². The van der Waals surface area contributed by atoms with Gasteiger partial charge in [0.15, 0.2) is 22.9 Å². The molecule has 7 heteroatoms. The van der Waals surface area contributed by atoms with Crippen molar-refractivity contribution in [1.29, 1.82) is 0 Å². The van der Waals surface area contributed by atoms with Gasteiger partial charge in [0.1, 0.15) is 5.56 Å². The first-order valence-corrected chi connectivity index (χ1v) is 7.81. The molecule has 3 rings (SSSR count). The molecule has 0 aliphatic carbocycles.